The van der Waals surface area contributed by atoms with Crippen LogP contribution < -0.4 is 5.56 Å². The van der Waals surface area contributed by atoms with E-state index >= 15 is 0 Å². The molecule has 0 unspecified atom stereocenters. The standard InChI is InChI=1S/C8H10N2O3S.C2H5.Na/c1-3-13-7(12)5-4-9-8(14-2)10-6(5)11;1-2;/h4H,3H2,1-2H3,(H,9,10,11);1H2,2H3;. The molecule has 1 heterocycles. The van der Waals surface area contributed by atoms with Crippen LogP contribution in [0.3, 0.4) is 0 Å². The summed E-state index contributed by atoms with van der Waals surface area (Å²) < 4.78 is 6.07. The van der Waals surface area contributed by atoms with Crippen molar-refractivity contribution in [2.24, 2.45) is 0 Å². The van der Waals surface area contributed by atoms with E-state index in [1.165, 1.54) is 49.6 Å². The Morgan fingerprint density at radius 2 is 2.18 bits per heavy atom. The van der Waals surface area contributed by atoms with Gasteiger partial charge in [0.2, 0.25) is 0 Å². The summed E-state index contributed by atoms with van der Waals surface area (Å²) in [5.74, 6) is -0.645. The minimum atomic E-state index is -0.645. The number of carbonyl (C=O) groups excluding carboxylic acids is 1. The van der Waals surface area contributed by atoms with Gasteiger partial charge < -0.3 is 9.72 Å². The molecule has 1 aromatic rings. The molecule has 1 aromatic heterocycles. The number of carbonyl (C=O) groups is 1. The average molecular weight is 266 g/mol. The maximum atomic E-state index is 11.3. The number of nitrogens with zero attached hydrogens (tertiary/aromatic N) is 1. The zero-order valence-electron chi connectivity index (χ0n) is 10.6. The Balaban J connectivity index is 0.000000770. The zero-order chi connectivity index (χ0) is 13.3. The van der Waals surface area contributed by atoms with Crippen LogP contribution in [0.4, 0.5) is 0 Å². The number of aromatic nitrogens is 2. The Morgan fingerprint density at radius 3 is 2.59 bits per heavy atom. The summed E-state index contributed by atoms with van der Waals surface area (Å²) in [6.07, 6.45) is 3.00. The van der Waals surface area contributed by atoms with Crippen LogP contribution in [0.15, 0.2) is 16.1 Å². The van der Waals surface area contributed by atoms with Crippen LogP contribution in [0.1, 0.15) is 24.2 Å². The van der Waals surface area contributed by atoms with Crippen LogP contribution in [-0.4, -0.2) is 56.7 Å². The molecule has 0 saturated carbocycles. The van der Waals surface area contributed by atoms with Crippen molar-refractivity contribution in [3.63, 3.8) is 0 Å². The number of H-pyrrole nitrogens is 1. The van der Waals surface area contributed by atoms with Gasteiger partial charge in [0.25, 0.3) is 5.56 Å². The van der Waals surface area contributed by atoms with E-state index < -0.39 is 11.5 Å². The minimum absolute atomic E-state index is 0.0651. The van der Waals surface area contributed by atoms with Crippen molar-refractivity contribution in [1.82, 2.24) is 9.97 Å². The van der Waals surface area contributed by atoms with Crippen molar-refractivity contribution in [3.05, 3.63) is 22.1 Å². The quantitative estimate of drug-likeness (QED) is 0.386. The molecule has 0 aromatic carbocycles. The summed E-state index contributed by atoms with van der Waals surface area (Å²) in [5, 5.41) is 0.475. The van der Waals surface area contributed by atoms with Gasteiger partial charge in [0.05, 0.1) is 6.61 Å². The van der Waals surface area contributed by atoms with Gasteiger partial charge in [-0.25, -0.2) is 9.78 Å². The molecular weight excluding hydrogens is 251 g/mol. The SMILES string of the molecule is CCOC(=O)c1cnc(SC)[nH]c1=O.C[CH2][Na]. The number of nitrogens with one attached hydrogen (secondary N) is 1. The van der Waals surface area contributed by atoms with Gasteiger partial charge in [-0.15, -0.1) is 0 Å². The Kier molecular flexibility index (Phi) is 9.53. The fourth-order valence-corrected chi connectivity index (χ4v) is 1.19. The molecule has 0 fully saturated rings. The van der Waals surface area contributed by atoms with E-state index in [2.05, 4.69) is 21.6 Å². The Labute approximate surface area is 122 Å². The Bertz CT molecular complexity index is 409. The summed E-state index contributed by atoms with van der Waals surface area (Å²) in [7, 11) is 0. The van der Waals surface area contributed by atoms with Crippen molar-refractivity contribution >= 4 is 45.7 Å². The first kappa shape index (κ1) is 16.7. The number of hydrogen-bond donors (Lipinski definition) is 1. The van der Waals surface area contributed by atoms with E-state index in [0.717, 1.165) is 0 Å². The molecule has 17 heavy (non-hydrogen) atoms. The van der Waals surface area contributed by atoms with Gasteiger partial charge in [0.1, 0.15) is 5.56 Å². The van der Waals surface area contributed by atoms with Gasteiger partial charge in [0, 0.05) is 6.20 Å². The summed E-state index contributed by atoms with van der Waals surface area (Å²) in [6, 6.07) is 0. The predicted molar refractivity (Wildman–Crippen MR) is 68.8 cm³/mol. The summed E-state index contributed by atoms with van der Waals surface area (Å²) in [4.78, 5) is 28.8. The second-order valence-electron chi connectivity index (χ2n) is 3.06. The molecule has 1 rings (SSSR count). The van der Waals surface area contributed by atoms with Crippen LogP contribution in [0.5, 0.6) is 0 Å². The number of thioether (sulfide) groups is 1. The molecule has 0 spiro atoms. The van der Waals surface area contributed by atoms with E-state index in [9.17, 15) is 9.59 Å². The van der Waals surface area contributed by atoms with Crippen LogP contribution >= 0.6 is 11.8 Å². The Hall–Kier alpha value is -0.300. The van der Waals surface area contributed by atoms with Gasteiger partial charge in [-0.1, -0.05) is 11.8 Å². The van der Waals surface area contributed by atoms with E-state index in [-0.39, 0.29) is 12.2 Å². The van der Waals surface area contributed by atoms with Crippen LogP contribution in [0, 0.1) is 0 Å². The van der Waals surface area contributed by atoms with Crippen molar-refractivity contribution in [2.75, 3.05) is 12.9 Å². The molecule has 7 heteroatoms. The van der Waals surface area contributed by atoms with E-state index in [4.69, 9.17) is 0 Å². The van der Waals surface area contributed by atoms with Crippen LogP contribution in [-0.2, 0) is 4.74 Å². The van der Waals surface area contributed by atoms with Gasteiger partial charge >= 0.3 is 44.5 Å². The molecule has 0 radical (unpaired) electrons. The number of esters is 1. The third-order valence-corrected chi connectivity index (χ3v) is 2.06. The molecule has 0 aliphatic rings. The summed E-state index contributed by atoms with van der Waals surface area (Å²) in [6.45, 7) is 4.10. The molecule has 1 N–H and O–H groups in total. The van der Waals surface area contributed by atoms with E-state index in [1.54, 1.807) is 13.2 Å². The number of ether oxygens (including phenoxy) is 1. The molecule has 5 nitrogen and oxygen atoms in total. The average Bonchev–Trinajstić information content (AvgIpc) is 2.30. The second kappa shape index (κ2) is 9.70. The predicted octanol–water partition coefficient (Wildman–Crippen LogP) is 1.26. The van der Waals surface area contributed by atoms with Gasteiger partial charge in [-0.2, -0.15) is 0 Å². The third-order valence-electron chi connectivity index (χ3n) is 1.46. The third kappa shape index (κ3) is 6.26. The van der Waals surface area contributed by atoms with Crippen LogP contribution in [0.25, 0.3) is 0 Å². The number of hydrogen-bond acceptors (Lipinski definition) is 5. The van der Waals surface area contributed by atoms with Crippen molar-refractivity contribution in [2.45, 2.75) is 22.7 Å². The first-order valence-corrected chi connectivity index (χ1v) is 8.04. The zero-order valence-corrected chi connectivity index (χ0v) is 13.4. The van der Waals surface area contributed by atoms with Gasteiger partial charge in [0.15, 0.2) is 5.16 Å². The molecule has 90 valence electrons. The number of rotatable bonds is 3. The fraction of sp³-hybridized carbons (Fsp3) is 0.500. The fourth-order valence-electron chi connectivity index (χ4n) is 0.837. The van der Waals surface area contributed by atoms with E-state index in [0.29, 0.717) is 5.16 Å². The topological polar surface area (TPSA) is 72.0 Å². The first-order valence-electron chi connectivity index (χ1n) is 5.41. The second-order valence-corrected chi connectivity index (χ2v) is 5.27. The summed E-state index contributed by atoms with van der Waals surface area (Å²) >= 11 is 2.67. The molecule has 0 aliphatic carbocycles. The summed E-state index contributed by atoms with van der Waals surface area (Å²) in [5.41, 5.74) is -0.535. The van der Waals surface area contributed by atoms with Crippen molar-refractivity contribution < 1.29 is 9.53 Å². The Morgan fingerprint density at radius 1 is 1.59 bits per heavy atom. The monoisotopic (exact) mass is 266 g/mol. The molecule has 0 amide bonds. The normalized spacial score (nSPS) is 9.24. The molecule has 0 bridgehead atoms. The van der Waals surface area contributed by atoms with Gasteiger partial charge in [-0.3, -0.25) is 4.79 Å². The molecule has 0 aliphatic heterocycles. The first-order chi connectivity index (χ1) is 8.10. The van der Waals surface area contributed by atoms with E-state index in [1.807, 2.05) is 0 Å². The number of aromatic amines is 1. The van der Waals surface area contributed by atoms with Crippen molar-refractivity contribution in [1.29, 1.82) is 0 Å². The van der Waals surface area contributed by atoms with Gasteiger partial charge in [-0.05, 0) is 13.2 Å². The van der Waals surface area contributed by atoms with Crippen LogP contribution in [0.2, 0.25) is 3.67 Å². The van der Waals surface area contributed by atoms with Crippen molar-refractivity contribution in [3.8, 4) is 0 Å². The molecule has 0 atom stereocenters. The molecule has 0 saturated heterocycles. The molecular formula is C10H15N2NaO3S. The maximum absolute atomic E-state index is 11.3.